The first kappa shape index (κ1) is 26.0. The van der Waals surface area contributed by atoms with E-state index in [1.165, 1.54) is 6.07 Å². The van der Waals surface area contributed by atoms with Crippen LogP contribution in [0.1, 0.15) is 49.9 Å². The Hall–Kier alpha value is -1.22. The van der Waals surface area contributed by atoms with E-state index >= 15 is 0 Å². The van der Waals surface area contributed by atoms with Gasteiger partial charge in [0.1, 0.15) is 11.4 Å². The summed E-state index contributed by atoms with van der Waals surface area (Å²) in [5, 5.41) is -5.80. The van der Waals surface area contributed by atoms with Crippen molar-refractivity contribution in [1.82, 2.24) is 0 Å². The summed E-state index contributed by atoms with van der Waals surface area (Å²) in [5.41, 5.74) is -1.10. The molecule has 0 heterocycles. The Kier molecular flexibility index (Phi) is 7.53. The Morgan fingerprint density at radius 2 is 1.71 bits per heavy atom. The molecule has 176 valence electrons. The Balaban J connectivity index is 2.36. The maximum Gasteiger partial charge on any atom is 0.432 e. The highest BCUT2D eigenvalue weighted by molar-refractivity contribution is 14.1. The monoisotopic (exact) mass is 586 g/mol. The Morgan fingerprint density at radius 3 is 2.16 bits per heavy atom. The van der Waals surface area contributed by atoms with E-state index < -0.39 is 44.8 Å². The minimum Gasteiger partial charge on any atom is -0.486 e. The molecule has 0 saturated heterocycles. The van der Waals surface area contributed by atoms with Crippen LogP contribution < -0.4 is 4.74 Å². The topological polar surface area (TPSA) is 89.9 Å². The number of rotatable bonds is 7. The van der Waals surface area contributed by atoms with Gasteiger partial charge in [-0.1, -0.05) is 13.8 Å². The molecular formula is C18H20F5IO6S. The largest absolute Gasteiger partial charge is 0.486 e. The quantitative estimate of drug-likeness (QED) is 0.204. The second kappa shape index (κ2) is 8.96. The maximum absolute atomic E-state index is 13.7. The van der Waals surface area contributed by atoms with Gasteiger partial charge in [-0.05, 0) is 72.4 Å². The van der Waals surface area contributed by atoms with E-state index in [0.29, 0.717) is 3.57 Å². The first-order valence-electron chi connectivity index (χ1n) is 9.12. The van der Waals surface area contributed by atoms with Crippen molar-refractivity contribution in [3.05, 3.63) is 27.3 Å². The molecule has 0 radical (unpaired) electrons. The smallest absolute Gasteiger partial charge is 0.432 e. The fourth-order valence-electron chi connectivity index (χ4n) is 3.33. The van der Waals surface area contributed by atoms with Crippen molar-refractivity contribution in [3.8, 4) is 5.75 Å². The summed E-state index contributed by atoms with van der Waals surface area (Å²) in [5.74, 6) is -1.60. The number of hydrogen-bond donors (Lipinski definition) is 1. The third-order valence-electron chi connectivity index (χ3n) is 5.15. The van der Waals surface area contributed by atoms with Crippen LogP contribution >= 0.6 is 22.6 Å². The Bertz CT molecular complexity index is 926. The molecule has 1 aromatic rings. The molecule has 1 N–H and O–H groups in total. The molecule has 0 spiro atoms. The van der Waals surface area contributed by atoms with Crippen LogP contribution in [-0.2, 0) is 14.9 Å². The summed E-state index contributed by atoms with van der Waals surface area (Å²) in [6, 6.07) is 3.43. The second-order valence-electron chi connectivity index (χ2n) is 7.54. The average molecular weight is 586 g/mol. The summed E-state index contributed by atoms with van der Waals surface area (Å²) in [6.45, 7) is 3.89. The van der Waals surface area contributed by atoms with Crippen LogP contribution in [-0.4, -0.2) is 42.1 Å². The van der Waals surface area contributed by atoms with Gasteiger partial charge >= 0.3 is 27.5 Å². The lowest BCUT2D eigenvalue weighted by Gasteiger charge is -2.35. The van der Waals surface area contributed by atoms with E-state index in [9.17, 15) is 35.2 Å². The number of carbonyl (C=O) groups is 1. The van der Waals surface area contributed by atoms with Gasteiger partial charge in [0.25, 0.3) is 6.10 Å². The van der Waals surface area contributed by atoms with Crippen LogP contribution in [0, 0.1) is 9.49 Å². The molecule has 1 aromatic carbocycles. The number of alkyl halides is 5. The van der Waals surface area contributed by atoms with Gasteiger partial charge in [-0.3, -0.25) is 4.55 Å². The molecule has 2 rings (SSSR count). The van der Waals surface area contributed by atoms with E-state index in [1.807, 2.05) is 36.4 Å². The molecule has 1 unspecified atom stereocenters. The number of esters is 1. The van der Waals surface area contributed by atoms with E-state index in [1.54, 1.807) is 0 Å². The lowest BCUT2D eigenvalue weighted by molar-refractivity contribution is -0.248. The van der Waals surface area contributed by atoms with E-state index in [4.69, 9.17) is 9.29 Å². The van der Waals surface area contributed by atoms with Crippen LogP contribution in [0.25, 0.3) is 0 Å². The third kappa shape index (κ3) is 5.59. The van der Waals surface area contributed by atoms with Gasteiger partial charge in [0.2, 0.25) is 0 Å². The van der Waals surface area contributed by atoms with Gasteiger partial charge in [-0.2, -0.15) is 30.4 Å². The first-order valence-corrected chi connectivity index (χ1v) is 11.6. The number of hydrogen-bond acceptors (Lipinski definition) is 5. The number of benzene rings is 1. The zero-order valence-corrected chi connectivity index (χ0v) is 19.4. The molecule has 31 heavy (non-hydrogen) atoms. The molecule has 0 aromatic heterocycles. The van der Waals surface area contributed by atoms with Crippen molar-refractivity contribution >= 4 is 38.7 Å². The molecule has 0 amide bonds. The minimum atomic E-state index is -6.52. The van der Waals surface area contributed by atoms with Gasteiger partial charge < -0.3 is 9.47 Å². The van der Waals surface area contributed by atoms with Crippen LogP contribution in [0.15, 0.2) is 18.2 Å². The van der Waals surface area contributed by atoms with Crippen LogP contribution in [0.2, 0.25) is 0 Å². The van der Waals surface area contributed by atoms with Gasteiger partial charge in [-0.15, -0.1) is 0 Å². The fraction of sp³-hybridized carbons (Fsp3) is 0.611. The highest BCUT2D eigenvalue weighted by Crippen LogP contribution is 2.42. The second-order valence-corrected chi connectivity index (χ2v) is 10.2. The van der Waals surface area contributed by atoms with Crippen molar-refractivity contribution in [1.29, 1.82) is 0 Å². The van der Waals surface area contributed by atoms with Crippen molar-refractivity contribution in [2.75, 3.05) is 0 Å². The lowest BCUT2D eigenvalue weighted by atomic mass is 9.88. The summed E-state index contributed by atoms with van der Waals surface area (Å²) >= 11 is 1.89. The predicted octanol–water partition coefficient (Wildman–Crippen LogP) is 5.21. The average Bonchev–Trinajstić information content (AvgIpc) is 3.09. The molecule has 0 aliphatic heterocycles. The minimum absolute atomic E-state index is 0.0875. The SMILES string of the molecule is CC(C)C1(Oc2cc(C(=O)OC(C(F)(F)F)C(F)(F)S(=O)(=O)O)ccc2I)CCCC1. The molecule has 6 nitrogen and oxygen atoms in total. The standard InChI is InChI=1S/C18H20F5IO6S/c1-10(2)16(7-3-4-8-16)30-13-9-11(5-6-12(13)24)14(25)29-15(17(19,20)21)18(22,23)31(26,27)28/h5-6,9-10,15H,3-4,7-8H2,1-2H3,(H,26,27,28). The first-order chi connectivity index (χ1) is 14.0. The zero-order chi connectivity index (χ0) is 23.8. The summed E-state index contributed by atoms with van der Waals surface area (Å²) < 4.78 is 107. The van der Waals surface area contributed by atoms with Gasteiger partial charge in [0.05, 0.1) is 9.13 Å². The van der Waals surface area contributed by atoms with Crippen molar-refractivity contribution in [2.45, 2.75) is 62.7 Å². The lowest BCUT2D eigenvalue weighted by Crippen LogP contribution is -2.52. The summed E-state index contributed by atoms with van der Waals surface area (Å²) in [6.07, 6.45) is -7.09. The number of halogens is 6. The molecular weight excluding hydrogens is 566 g/mol. The molecule has 1 aliphatic carbocycles. The van der Waals surface area contributed by atoms with Crippen LogP contribution in [0.5, 0.6) is 5.75 Å². The van der Waals surface area contributed by atoms with E-state index in [0.717, 1.165) is 37.8 Å². The van der Waals surface area contributed by atoms with E-state index in [2.05, 4.69) is 4.74 Å². The molecule has 13 heteroatoms. The molecule has 1 saturated carbocycles. The highest BCUT2D eigenvalue weighted by atomic mass is 127. The summed E-state index contributed by atoms with van der Waals surface area (Å²) in [7, 11) is -6.52. The van der Waals surface area contributed by atoms with Gasteiger partial charge in [0, 0.05) is 0 Å². The molecule has 1 aliphatic rings. The molecule has 0 bridgehead atoms. The normalized spacial score (nSPS) is 18.1. The maximum atomic E-state index is 13.7. The van der Waals surface area contributed by atoms with Crippen molar-refractivity contribution < 1.29 is 49.2 Å². The Labute approximate surface area is 189 Å². The third-order valence-corrected chi connectivity index (χ3v) is 6.95. The van der Waals surface area contributed by atoms with Crippen LogP contribution in [0.3, 0.4) is 0 Å². The number of carbonyl (C=O) groups excluding carboxylic acids is 1. The van der Waals surface area contributed by atoms with E-state index in [-0.39, 0.29) is 11.7 Å². The molecule has 1 atom stereocenters. The van der Waals surface area contributed by atoms with Crippen LogP contribution in [0.4, 0.5) is 22.0 Å². The van der Waals surface area contributed by atoms with Crippen molar-refractivity contribution in [3.63, 3.8) is 0 Å². The zero-order valence-electron chi connectivity index (χ0n) is 16.4. The van der Waals surface area contributed by atoms with Gasteiger partial charge in [-0.25, -0.2) is 4.79 Å². The molecule has 1 fully saturated rings. The summed E-state index contributed by atoms with van der Waals surface area (Å²) in [4.78, 5) is 12.2. The predicted molar refractivity (Wildman–Crippen MR) is 108 cm³/mol. The fourth-order valence-corrected chi connectivity index (χ4v) is 4.23. The Morgan fingerprint density at radius 1 is 1.16 bits per heavy atom. The highest BCUT2D eigenvalue weighted by Gasteiger charge is 2.66. The van der Waals surface area contributed by atoms with Crippen molar-refractivity contribution in [2.24, 2.45) is 5.92 Å². The van der Waals surface area contributed by atoms with Gasteiger partial charge in [0.15, 0.2) is 0 Å². The number of ether oxygens (including phenoxy) is 2.